The van der Waals surface area contributed by atoms with Crippen LogP contribution in [0.2, 0.25) is 0 Å². The molecule has 1 unspecified atom stereocenters. The summed E-state index contributed by atoms with van der Waals surface area (Å²) in [5.41, 5.74) is 2.49. The molecule has 1 N–H and O–H groups in total. The molecule has 0 heterocycles. The largest absolute Gasteiger partial charge is 0.309 e. The maximum atomic E-state index is 13.2. The average molecular weight is 276 g/mol. The van der Waals surface area contributed by atoms with Crippen molar-refractivity contribution in [3.8, 4) is 0 Å². The first kappa shape index (κ1) is 14.0. The number of hydrogen-bond donors (Lipinski definition) is 1. The van der Waals surface area contributed by atoms with Gasteiger partial charge >= 0.3 is 0 Å². The molecule has 0 radical (unpaired) electrons. The van der Waals surface area contributed by atoms with E-state index in [1.54, 1.807) is 12.1 Å². The highest BCUT2D eigenvalue weighted by molar-refractivity contribution is 5.34. The number of fused-ring (bicyclic) bond motifs is 1. The van der Waals surface area contributed by atoms with E-state index >= 15 is 0 Å². The van der Waals surface area contributed by atoms with Crippen LogP contribution in [0.15, 0.2) is 18.2 Å². The van der Waals surface area contributed by atoms with Crippen molar-refractivity contribution in [2.45, 2.75) is 50.6 Å². The van der Waals surface area contributed by atoms with Gasteiger partial charge in [-0.1, -0.05) is 18.9 Å². The summed E-state index contributed by atoms with van der Waals surface area (Å²) in [6, 6.07) is 6.45. The summed E-state index contributed by atoms with van der Waals surface area (Å²) in [7, 11) is 2.25. The van der Waals surface area contributed by atoms with E-state index in [1.165, 1.54) is 36.8 Å². The van der Waals surface area contributed by atoms with Crippen molar-refractivity contribution in [3.63, 3.8) is 0 Å². The first-order valence-corrected chi connectivity index (χ1v) is 7.96. The third-order valence-corrected chi connectivity index (χ3v) is 4.99. The molecule has 2 nitrogen and oxygen atoms in total. The zero-order valence-corrected chi connectivity index (χ0v) is 12.4. The number of rotatable bonds is 5. The number of benzene rings is 1. The van der Waals surface area contributed by atoms with Crippen molar-refractivity contribution in [2.24, 2.45) is 0 Å². The molecular formula is C17H25FN2. The van der Waals surface area contributed by atoms with Crippen molar-refractivity contribution in [3.05, 3.63) is 35.1 Å². The van der Waals surface area contributed by atoms with Crippen LogP contribution in [0.1, 0.15) is 49.3 Å². The predicted octanol–water partition coefficient (Wildman–Crippen LogP) is 3.28. The molecule has 110 valence electrons. The van der Waals surface area contributed by atoms with Gasteiger partial charge in [0.25, 0.3) is 0 Å². The second-order valence-electron chi connectivity index (χ2n) is 6.31. The van der Waals surface area contributed by atoms with Gasteiger partial charge in [-0.3, -0.25) is 0 Å². The average Bonchev–Trinajstić information content (AvgIpc) is 3.08. The Labute approximate surface area is 121 Å². The SMILES string of the molecule is CN(CCNC1CCc2cc(F)ccc21)C1CCCC1. The van der Waals surface area contributed by atoms with Crippen LogP contribution >= 0.6 is 0 Å². The lowest BCUT2D eigenvalue weighted by molar-refractivity contribution is 0.242. The number of likely N-dealkylation sites (N-methyl/N-ethyl adjacent to an activating group) is 1. The van der Waals surface area contributed by atoms with Gasteiger partial charge in [0.1, 0.15) is 5.82 Å². The maximum absolute atomic E-state index is 13.2. The van der Waals surface area contributed by atoms with Gasteiger partial charge in [0, 0.05) is 25.2 Å². The number of hydrogen-bond acceptors (Lipinski definition) is 2. The minimum absolute atomic E-state index is 0.106. The van der Waals surface area contributed by atoms with Crippen LogP contribution in [0.5, 0.6) is 0 Å². The van der Waals surface area contributed by atoms with Crippen molar-refractivity contribution in [1.82, 2.24) is 10.2 Å². The van der Waals surface area contributed by atoms with Gasteiger partial charge in [-0.15, -0.1) is 0 Å². The van der Waals surface area contributed by atoms with Gasteiger partial charge in [0.2, 0.25) is 0 Å². The molecule has 2 aliphatic carbocycles. The van der Waals surface area contributed by atoms with Crippen LogP contribution in [0.4, 0.5) is 4.39 Å². The molecule has 0 bridgehead atoms. The summed E-state index contributed by atoms with van der Waals surface area (Å²) < 4.78 is 13.2. The second-order valence-corrected chi connectivity index (χ2v) is 6.31. The Balaban J connectivity index is 1.48. The Morgan fingerprint density at radius 1 is 1.25 bits per heavy atom. The van der Waals surface area contributed by atoms with Gasteiger partial charge in [-0.25, -0.2) is 4.39 Å². The van der Waals surface area contributed by atoms with Crippen molar-refractivity contribution >= 4 is 0 Å². The number of halogens is 1. The number of nitrogens with zero attached hydrogens (tertiary/aromatic N) is 1. The highest BCUT2D eigenvalue weighted by atomic mass is 19.1. The molecule has 1 aromatic rings. The van der Waals surface area contributed by atoms with Gasteiger partial charge in [-0.05, 0) is 56.0 Å². The molecule has 0 saturated heterocycles. The summed E-state index contributed by atoms with van der Waals surface area (Å²) in [4.78, 5) is 2.50. The van der Waals surface area contributed by atoms with Crippen LogP contribution in [0.25, 0.3) is 0 Å². The molecule has 1 atom stereocenters. The van der Waals surface area contributed by atoms with Gasteiger partial charge < -0.3 is 10.2 Å². The first-order chi connectivity index (χ1) is 9.74. The molecule has 0 spiro atoms. The quantitative estimate of drug-likeness (QED) is 0.888. The second kappa shape index (κ2) is 6.23. The first-order valence-electron chi connectivity index (χ1n) is 7.96. The summed E-state index contributed by atoms with van der Waals surface area (Å²) in [6.07, 6.45) is 7.62. The molecule has 1 saturated carbocycles. The number of nitrogens with one attached hydrogen (secondary N) is 1. The van der Waals surface area contributed by atoms with Crippen molar-refractivity contribution < 1.29 is 4.39 Å². The standard InChI is InChI=1S/C17H25FN2/c1-20(15-4-2-3-5-15)11-10-19-17-9-6-13-12-14(18)7-8-16(13)17/h7-8,12,15,17,19H,2-6,9-11H2,1H3. The van der Waals surface area contributed by atoms with E-state index in [2.05, 4.69) is 17.3 Å². The molecule has 3 heteroatoms. The van der Waals surface area contributed by atoms with Gasteiger partial charge in [-0.2, -0.15) is 0 Å². The van der Waals surface area contributed by atoms with E-state index in [4.69, 9.17) is 0 Å². The lowest BCUT2D eigenvalue weighted by Gasteiger charge is -2.25. The molecule has 20 heavy (non-hydrogen) atoms. The molecular weight excluding hydrogens is 251 g/mol. The highest BCUT2D eigenvalue weighted by Crippen LogP contribution is 2.31. The molecule has 1 aromatic carbocycles. The zero-order chi connectivity index (χ0) is 13.9. The molecule has 0 aliphatic heterocycles. The molecule has 1 fully saturated rings. The van der Waals surface area contributed by atoms with Crippen LogP contribution in [-0.4, -0.2) is 31.1 Å². The van der Waals surface area contributed by atoms with E-state index < -0.39 is 0 Å². The number of aryl methyl sites for hydroxylation is 1. The summed E-state index contributed by atoms with van der Waals surface area (Å²) in [5, 5.41) is 3.65. The Morgan fingerprint density at radius 3 is 2.85 bits per heavy atom. The van der Waals surface area contributed by atoms with Crippen LogP contribution < -0.4 is 5.32 Å². The summed E-state index contributed by atoms with van der Waals surface area (Å²) in [6.45, 7) is 2.13. The third-order valence-electron chi connectivity index (χ3n) is 4.99. The topological polar surface area (TPSA) is 15.3 Å². The smallest absolute Gasteiger partial charge is 0.123 e. The Bertz CT molecular complexity index is 454. The van der Waals surface area contributed by atoms with E-state index in [1.807, 2.05) is 6.07 Å². The predicted molar refractivity (Wildman–Crippen MR) is 80.4 cm³/mol. The lowest BCUT2D eigenvalue weighted by Crippen LogP contribution is -2.36. The van der Waals surface area contributed by atoms with E-state index in [0.717, 1.165) is 32.0 Å². The van der Waals surface area contributed by atoms with Crippen molar-refractivity contribution in [2.75, 3.05) is 20.1 Å². The minimum atomic E-state index is -0.106. The third kappa shape index (κ3) is 3.04. The highest BCUT2D eigenvalue weighted by Gasteiger charge is 2.23. The maximum Gasteiger partial charge on any atom is 0.123 e. The fraction of sp³-hybridized carbons (Fsp3) is 0.647. The molecule has 0 aromatic heterocycles. The summed E-state index contributed by atoms with van der Waals surface area (Å²) in [5.74, 6) is -0.106. The monoisotopic (exact) mass is 276 g/mol. The minimum Gasteiger partial charge on any atom is -0.309 e. The lowest BCUT2D eigenvalue weighted by atomic mass is 10.1. The fourth-order valence-corrected chi connectivity index (χ4v) is 3.74. The fourth-order valence-electron chi connectivity index (χ4n) is 3.74. The van der Waals surface area contributed by atoms with E-state index in [0.29, 0.717) is 6.04 Å². The Hall–Kier alpha value is -0.930. The van der Waals surface area contributed by atoms with Crippen LogP contribution in [-0.2, 0) is 6.42 Å². The Kier molecular flexibility index (Phi) is 4.37. The van der Waals surface area contributed by atoms with E-state index in [9.17, 15) is 4.39 Å². The zero-order valence-electron chi connectivity index (χ0n) is 12.4. The molecule has 0 amide bonds. The van der Waals surface area contributed by atoms with Crippen molar-refractivity contribution in [1.29, 1.82) is 0 Å². The van der Waals surface area contributed by atoms with Crippen LogP contribution in [0, 0.1) is 5.82 Å². The molecule has 3 rings (SSSR count). The Morgan fingerprint density at radius 2 is 2.05 bits per heavy atom. The molecule has 2 aliphatic rings. The summed E-state index contributed by atoms with van der Waals surface area (Å²) >= 11 is 0. The van der Waals surface area contributed by atoms with Crippen LogP contribution in [0.3, 0.4) is 0 Å². The van der Waals surface area contributed by atoms with Gasteiger partial charge in [0.15, 0.2) is 0 Å². The van der Waals surface area contributed by atoms with E-state index in [-0.39, 0.29) is 5.82 Å². The van der Waals surface area contributed by atoms with Gasteiger partial charge in [0.05, 0.1) is 0 Å². The normalized spacial score (nSPS) is 22.6.